The first-order chi connectivity index (χ1) is 16.6. The van der Waals surface area contributed by atoms with Crippen molar-refractivity contribution in [3.63, 3.8) is 0 Å². The number of ether oxygens (including phenoxy) is 1. The minimum Gasteiger partial charge on any atom is -0.476 e. The maximum absolute atomic E-state index is 13.4. The Morgan fingerprint density at radius 3 is 2.37 bits per heavy atom. The molecule has 0 aliphatic rings. The standard InChI is InChI=1S/C29H28ClNO4/c1-18(19-8-6-5-7-9-19)31-25(32)17-34-28-26(33)23-16-22(30)14-15-24(23)35-27(28)20-10-12-21(13-11-20)29(2,3)4/h5-16,18H,17H2,1-4H3,(H,31,32)/t18-/m0/s1. The van der Waals surface area contributed by atoms with Crippen LogP contribution in [-0.2, 0) is 10.2 Å². The van der Waals surface area contributed by atoms with Crippen LogP contribution in [0.3, 0.4) is 0 Å². The Morgan fingerprint density at radius 2 is 1.71 bits per heavy atom. The van der Waals surface area contributed by atoms with Crippen molar-refractivity contribution in [2.24, 2.45) is 0 Å². The summed E-state index contributed by atoms with van der Waals surface area (Å²) < 4.78 is 11.9. The monoisotopic (exact) mass is 489 g/mol. The number of carbonyl (C=O) groups is 1. The van der Waals surface area contributed by atoms with E-state index >= 15 is 0 Å². The lowest BCUT2D eigenvalue weighted by molar-refractivity contribution is -0.123. The van der Waals surface area contributed by atoms with Crippen LogP contribution in [0, 0.1) is 0 Å². The zero-order chi connectivity index (χ0) is 25.2. The largest absolute Gasteiger partial charge is 0.476 e. The summed E-state index contributed by atoms with van der Waals surface area (Å²) in [5.41, 5.74) is 2.79. The molecule has 0 fully saturated rings. The normalized spacial score (nSPS) is 12.4. The van der Waals surface area contributed by atoms with E-state index in [9.17, 15) is 9.59 Å². The summed E-state index contributed by atoms with van der Waals surface area (Å²) in [5, 5.41) is 3.60. The van der Waals surface area contributed by atoms with Crippen LogP contribution in [0.2, 0.25) is 5.02 Å². The smallest absolute Gasteiger partial charge is 0.258 e. The van der Waals surface area contributed by atoms with Gasteiger partial charge in [0, 0.05) is 10.6 Å². The zero-order valence-corrected chi connectivity index (χ0v) is 21.0. The first-order valence-electron chi connectivity index (χ1n) is 11.5. The Morgan fingerprint density at radius 1 is 1.03 bits per heavy atom. The molecule has 1 atom stereocenters. The quantitative estimate of drug-likeness (QED) is 0.328. The second-order valence-corrected chi connectivity index (χ2v) is 9.98. The van der Waals surface area contributed by atoms with E-state index in [1.165, 1.54) is 0 Å². The SMILES string of the molecule is C[C@H](NC(=O)COc1c(-c2ccc(C(C)(C)C)cc2)oc2ccc(Cl)cc2c1=O)c1ccccc1. The topological polar surface area (TPSA) is 68.5 Å². The van der Waals surface area contributed by atoms with Gasteiger partial charge in [-0.3, -0.25) is 9.59 Å². The number of halogens is 1. The number of amides is 1. The summed E-state index contributed by atoms with van der Waals surface area (Å²) in [6, 6.07) is 22.1. The van der Waals surface area contributed by atoms with Crippen molar-refractivity contribution < 1.29 is 13.9 Å². The molecule has 0 aliphatic heterocycles. The zero-order valence-electron chi connectivity index (χ0n) is 20.2. The lowest BCUT2D eigenvalue weighted by Gasteiger charge is -2.19. The molecular weight excluding hydrogens is 462 g/mol. The lowest BCUT2D eigenvalue weighted by Crippen LogP contribution is -2.32. The van der Waals surface area contributed by atoms with Gasteiger partial charge in [-0.05, 0) is 41.7 Å². The summed E-state index contributed by atoms with van der Waals surface area (Å²) in [6.45, 7) is 7.95. The first kappa shape index (κ1) is 24.6. The summed E-state index contributed by atoms with van der Waals surface area (Å²) >= 11 is 6.12. The molecule has 180 valence electrons. The molecule has 1 aromatic heterocycles. The van der Waals surface area contributed by atoms with Gasteiger partial charge in [-0.25, -0.2) is 0 Å². The van der Waals surface area contributed by atoms with Gasteiger partial charge in [0.1, 0.15) is 5.58 Å². The maximum Gasteiger partial charge on any atom is 0.258 e. The van der Waals surface area contributed by atoms with Crippen molar-refractivity contribution in [3.05, 3.63) is 99.2 Å². The van der Waals surface area contributed by atoms with Crippen LogP contribution in [0.25, 0.3) is 22.3 Å². The van der Waals surface area contributed by atoms with Crippen molar-refractivity contribution in [2.45, 2.75) is 39.2 Å². The molecule has 6 heteroatoms. The molecule has 1 N–H and O–H groups in total. The number of nitrogens with one attached hydrogen (secondary N) is 1. The summed E-state index contributed by atoms with van der Waals surface area (Å²) in [6.07, 6.45) is 0. The van der Waals surface area contributed by atoms with E-state index in [-0.39, 0.29) is 40.9 Å². The van der Waals surface area contributed by atoms with E-state index in [0.717, 1.165) is 11.1 Å². The third-order valence-electron chi connectivity index (χ3n) is 5.85. The van der Waals surface area contributed by atoms with Crippen LogP contribution >= 0.6 is 11.6 Å². The van der Waals surface area contributed by atoms with Crippen molar-refractivity contribution in [3.8, 4) is 17.1 Å². The number of carbonyl (C=O) groups excluding carboxylic acids is 1. The molecule has 4 rings (SSSR count). The van der Waals surface area contributed by atoms with Crippen LogP contribution in [0.5, 0.6) is 5.75 Å². The molecule has 5 nitrogen and oxygen atoms in total. The molecule has 35 heavy (non-hydrogen) atoms. The molecule has 0 saturated carbocycles. The Kier molecular flexibility index (Phi) is 6.99. The van der Waals surface area contributed by atoms with Gasteiger partial charge in [0.05, 0.1) is 11.4 Å². The second-order valence-electron chi connectivity index (χ2n) is 9.55. The molecule has 0 aliphatic carbocycles. The molecule has 0 saturated heterocycles. The molecule has 0 bridgehead atoms. The highest BCUT2D eigenvalue weighted by atomic mass is 35.5. The van der Waals surface area contributed by atoms with Gasteiger partial charge in [0.25, 0.3) is 5.91 Å². The van der Waals surface area contributed by atoms with Crippen molar-refractivity contribution in [1.82, 2.24) is 5.32 Å². The maximum atomic E-state index is 13.4. The molecule has 3 aromatic carbocycles. The molecule has 0 radical (unpaired) electrons. The van der Waals surface area contributed by atoms with Gasteiger partial charge in [-0.15, -0.1) is 0 Å². The van der Waals surface area contributed by atoms with Crippen molar-refractivity contribution in [2.75, 3.05) is 6.61 Å². The van der Waals surface area contributed by atoms with Gasteiger partial charge < -0.3 is 14.5 Å². The highest BCUT2D eigenvalue weighted by molar-refractivity contribution is 6.31. The fraction of sp³-hybridized carbons (Fsp3) is 0.241. The molecule has 0 spiro atoms. The number of benzene rings is 3. The summed E-state index contributed by atoms with van der Waals surface area (Å²) in [4.78, 5) is 26.0. The Labute approximate surface area is 209 Å². The summed E-state index contributed by atoms with van der Waals surface area (Å²) in [5.74, 6) is -0.0963. The van der Waals surface area contributed by atoms with E-state index in [1.807, 2.05) is 61.5 Å². The van der Waals surface area contributed by atoms with Crippen LogP contribution < -0.4 is 15.5 Å². The van der Waals surface area contributed by atoms with Crippen LogP contribution in [-0.4, -0.2) is 12.5 Å². The van der Waals surface area contributed by atoms with E-state index in [4.69, 9.17) is 20.8 Å². The van der Waals surface area contributed by atoms with Gasteiger partial charge in [0.15, 0.2) is 12.4 Å². The van der Waals surface area contributed by atoms with Crippen LogP contribution in [0.1, 0.15) is 44.9 Å². The van der Waals surface area contributed by atoms with Crippen LogP contribution in [0.4, 0.5) is 0 Å². The van der Waals surface area contributed by atoms with Crippen LogP contribution in [0.15, 0.2) is 82.0 Å². The Hall–Kier alpha value is -3.57. The summed E-state index contributed by atoms with van der Waals surface area (Å²) in [7, 11) is 0. The highest BCUT2D eigenvalue weighted by Crippen LogP contribution is 2.33. The number of rotatable bonds is 6. The average Bonchev–Trinajstić information content (AvgIpc) is 2.83. The fourth-order valence-electron chi connectivity index (χ4n) is 3.84. The first-order valence-corrected chi connectivity index (χ1v) is 11.9. The van der Waals surface area contributed by atoms with Gasteiger partial charge >= 0.3 is 0 Å². The van der Waals surface area contributed by atoms with E-state index in [2.05, 4.69) is 26.1 Å². The number of hydrogen-bond donors (Lipinski definition) is 1. The minimum atomic E-state index is -0.382. The predicted molar refractivity (Wildman–Crippen MR) is 140 cm³/mol. The van der Waals surface area contributed by atoms with Crippen molar-refractivity contribution >= 4 is 28.5 Å². The Balaban J connectivity index is 1.66. The van der Waals surface area contributed by atoms with Gasteiger partial charge in [-0.2, -0.15) is 0 Å². The fourth-order valence-corrected chi connectivity index (χ4v) is 4.01. The Bertz CT molecular complexity index is 1400. The van der Waals surface area contributed by atoms with E-state index in [1.54, 1.807) is 18.2 Å². The predicted octanol–water partition coefficient (Wildman–Crippen LogP) is 6.67. The molecule has 1 heterocycles. The third-order valence-corrected chi connectivity index (χ3v) is 6.08. The number of fused-ring (bicyclic) bond motifs is 1. The molecule has 1 amide bonds. The highest BCUT2D eigenvalue weighted by Gasteiger charge is 2.21. The molecule has 4 aromatic rings. The van der Waals surface area contributed by atoms with Gasteiger partial charge in [0.2, 0.25) is 11.2 Å². The van der Waals surface area contributed by atoms with Crippen molar-refractivity contribution in [1.29, 1.82) is 0 Å². The van der Waals surface area contributed by atoms with Gasteiger partial charge in [-0.1, -0.05) is 87.0 Å². The third kappa shape index (κ3) is 5.57. The second kappa shape index (κ2) is 9.96. The average molecular weight is 490 g/mol. The lowest BCUT2D eigenvalue weighted by atomic mass is 9.86. The van der Waals surface area contributed by atoms with E-state index in [0.29, 0.717) is 21.6 Å². The molecule has 0 unspecified atom stereocenters. The number of hydrogen-bond acceptors (Lipinski definition) is 4. The van der Waals surface area contributed by atoms with E-state index < -0.39 is 0 Å². The molecular formula is C29H28ClNO4. The minimum absolute atomic E-state index is 0.0215.